The van der Waals surface area contributed by atoms with E-state index in [1.165, 1.54) is 18.0 Å². The number of hydrogen-bond donors (Lipinski definition) is 2. The average Bonchev–Trinajstić information content (AvgIpc) is 2.54. The Hall–Kier alpha value is -2.63. The van der Waals surface area contributed by atoms with E-state index in [9.17, 15) is 4.79 Å². The summed E-state index contributed by atoms with van der Waals surface area (Å²) in [6.45, 7) is 6.49. The lowest BCUT2D eigenvalue weighted by molar-refractivity contribution is 0.0919. The second kappa shape index (κ2) is 7.77. The molecule has 0 fully saturated rings. The van der Waals surface area contributed by atoms with Gasteiger partial charge in [-0.25, -0.2) is 9.97 Å². The molecule has 1 amide bonds. The number of rotatable bonds is 6. The second-order valence-corrected chi connectivity index (χ2v) is 6.53. The molecule has 2 aromatic rings. The van der Waals surface area contributed by atoms with Gasteiger partial charge in [-0.3, -0.25) is 4.79 Å². The van der Waals surface area contributed by atoms with Crippen LogP contribution in [-0.4, -0.2) is 35.1 Å². The molecule has 1 aromatic heterocycles. The van der Waals surface area contributed by atoms with Gasteiger partial charge in [0.2, 0.25) is 5.95 Å². The molecule has 2 rings (SSSR count). The Labute approximate surface area is 142 Å². The number of aromatic nitrogens is 2. The number of carbonyl (C=O) groups is 1. The van der Waals surface area contributed by atoms with Crippen LogP contribution in [0.25, 0.3) is 0 Å². The van der Waals surface area contributed by atoms with Crippen LogP contribution >= 0.6 is 0 Å². The summed E-state index contributed by atoms with van der Waals surface area (Å²) in [4.78, 5) is 20.4. The van der Waals surface area contributed by atoms with Crippen molar-refractivity contribution in [3.63, 3.8) is 0 Å². The molecule has 0 spiro atoms. The monoisotopic (exact) mass is 328 g/mol. The molecule has 0 atom stereocenters. The number of nitrogens with zero attached hydrogens (tertiary/aromatic N) is 2. The number of ether oxygens (including phenoxy) is 1. The first-order valence-electron chi connectivity index (χ1n) is 7.89. The Morgan fingerprint density at radius 3 is 2.54 bits per heavy atom. The summed E-state index contributed by atoms with van der Waals surface area (Å²) < 4.78 is 5.21. The highest BCUT2D eigenvalue weighted by molar-refractivity contribution is 5.94. The van der Waals surface area contributed by atoms with Gasteiger partial charge < -0.3 is 15.4 Å². The number of carbonyl (C=O) groups excluding carboxylic acids is 1. The Balaban J connectivity index is 1.86. The lowest BCUT2D eigenvalue weighted by Crippen LogP contribution is -2.40. The standard InChI is InChI=1S/C18H24N4O2/c1-18(2,3)22-16(23)14-11-20-17(21-12-14)19-9-8-13-6-5-7-15(10-13)24-4/h5-7,10-12H,8-9H2,1-4H3,(H,22,23)(H,19,20,21). The lowest BCUT2D eigenvalue weighted by Gasteiger charge is -2.20. The molecule has 2 N–H and O–H groups in total. The van der Waals surface area contributed by atoms with E-state index in [-0.39, 0.29) is 11.4 Å². The molecule has 24 heavy (non-hydrogen) atoms. The Morgan fingerprint density at radius 2 is 1.92 bits per heavy atom. The first kappa shape index (κ1) is 17.7. The zero-order valence-electron chi connectivity index (χ0n) is 14.6. The largest absolute Gasteiger partial charge is 0.497 e. The van der Waals surface area contributed by atoms with Gasteiger partial charge in [0.05, 0.1) is 12.7 Å². The third-order valence-electron chi connectivity index (χ3n) is 3.23. The van der Waals surface area contributed by atoms with Gasteiger partial charge in [-0.1, -0.05) is 12.1 Å². The van der Waals surface area contributed by atoms with Gasteiger partial charge in [0, 0.05) is 24.5 Å². The molecule has 0 unspecified atom stereocenters. The Kier molecular flexibility index (Phi) is 5.73. The topological polar surface area (TPSA) is 76.1 Å². The summed E-state index contributed by atoms with van der Waals surface area (Å²) in [7, 11) is 1.66. The van der Waals surface area contributed by atoms with Crippen molar-refractivity contribution in [3.05, 3.63) is 47.8 Å². The number of benzene rings is 1. The molecular formula is C18H24N4O2. The van der Waals surface area contributed by atoms with Crippen molar-refractivity contribution in [2.75, 3.05) is 19.0 Å². The van der Waals surface area contributed by atoms with Gasteiger partial charge >= 0.3 is 0 Å². The third kappa shape index (κ3) is 5.53. The summed E-state index contributed by atoms with van der Waals surface area (Å²) in [6.07, 6.45) is 3.89. The summed E-state index contributed by atoms with van der Waals surface area (Å²) in [5, 5.41) is 6.03. The fraction of sp³-hybridized carbons (Fsp3) is 0.389. The van der Waals surface area contributed by atoms with Gasteiger partial charge in [-0.2, -0.15) is 0 Å². The Bertz CT molecular complexity index is 678. The molecule has 6 nitrogen and oxygen atoms in total. The number of nitrogens with one attached hydrogen (secondary N) is 2. The number of anilines is 1. The fourth-order valence-electron chi connectivity index (χ4n) is 2.10. The maximum absolute atomic E-state index is 12.0. The number of hydrogen-bond acceptors (Lipinski definition) is 5. The minimum Gasteiger partial charge on any atom is -0.497 e. The molecule has 0 aliphatic heterocycles. The van der Waals surface area contributed by atoms with Crippen molar-refractivity contribution in [3.8, 4) is 5.75 Å². The van der Waals surface area contributed by atoms with Crippen molar-refractivity contribution < 1.29 is 9.53 Å². The van der Waals surface area contributed by atoms with E-state index < -0.39 is 0 Å². The highest BCUT2D eigenvalue weighted by atomic mass is 16.5. The maximum atomic E-state index is 12.0. The van der Waals surface area contributed by atoms with E-state index in [2.05, 4.69) is 20.6 Å². The van der Waals surface area contributed by atoms with Gasteiger partial charge in [0.15, 0.2) is 0 Å². The minimum atomic E-state index is -0.287. The van der Waals surface area contributed by atoms with Crippen molar-refractivity contribution >= 4 is 11.9 Å². The normalized spacial score (nSPS) is 11.0. The van der Waals surface area contributed by atoms with Crippen molar-refractivity contribution in [2.24, 2.45) is 0 Å². The van der Waals surface area contributed by atoms with Crippen LogP contribution in [-0.2, 0) is 6.42 Å². The predicted molar refractivity (Wildman–Crippen MR) is 94.4 cm³/mol. The van der Waals surface area contributed by atoms with Crippen molar-refractivity contribution in [1.82, 2.24) is 15.3 Å². The fourth-order valence-corrected chi connectivity index (χ4v) is 2.10. The summed E-state index contributed by atoms with van der Waals surface area (Å²) in [5.74, 6) is 1.17. The van der Waals surface area contributed by atoms with Crippen molar-refractivity contribution in [2.45, 2.75) is 32.7 Å². The molecule has 0 aliphatic carbocycles. The molecule has 6 heteroatoms. The molecule has 0 radical (unpaired) electrons. The van der Waals surface area contributed by atoms with Gasteiger partial charge in [0.25, 0.3) is 5.91 Å². The van der Waals surface area contributed by atoms with E-state index in [0.29, 0.717) is 18.1 Å². The van der Waals surface area contributed by atoms with E-state index in [0.717, 1.165) is 12.2 Å². The minimum absolute atomic E-state index is 0.176. The van der Waals surface area contributed by atoms with Crippen LogP contribution in [0.4, 0.5) is 5.95 Å². The summed E-state index contributed by atoms with van der Waals surface area (Å²) in [5.41, 5.74) is 1.33. The number of amides is 1. The van der Waals surface area contributed by atoms with Gasteiger partial charge in [-0.05, 0) is 44.9 Å². The predicted octanol–water partition coefficient (Wildman–Crippen LogP) is 2.67. The first-order valence-corrected chi connectivity index (χ1v) is 7.89. The molecule has 128 valence electrons. The summed E-state index contributed by atoms with van der Waals surface area (Å²) in [6, 6.07) is 7.93. The van der Waals surface area contributed by atoms with Crippen LogP contribution in [0.5, 0.6) is 5.75 Å². The highest BCUT2D eigenvalue weighted by Gasteiger charge is 2.15. The second-order valence-electron chi connectivity index (χ2n) is 6.53. The van der Waals surface area contributed by atoms with Crippen LogP contribution < -0.4 is 15.4 Å². The smallest absolute Gasteiger partial charge is 0.254 e. The molecule has 0 aliphatic rings. The van der Waals surface area contributed by atoms with Gasteiger partial charge in [-0.15, -0.1) is 0 Å². The van der Waals surface area contributed by atoms with Crippen LogP contribution in [0.15, 0.2) is 36.7 Å². The Morgan fingerprint density at radius 1 is 1.21 bits per heavy atom. The zero-order chi connectivity index (χ0) is 17.6. The molecular weight excluding hydrogens is 304 g/mol. The molecule has 1 aromatic carbocycles. The highest BCUT2D eigenvalue weighted by Crippen LogP contribution is 2.13. The summed E-state index contributed by atoms with van der Waals surface area (Å²) >= 11 is 0. The molecule has 0 saturated carbocycles. The quantitative estimate of drug-likeness (QED) is 0.852. The third-order valence-corrected chi connectivity index (χ3v) is 3.23. The van der Waals surface area contributed by atoms with E-state index in [1.54, 1.807) is 7.11 Å². The molecule has 1 heterocycles. The van der Waals surface area contributed by atoms with Crippen LogP contribution in [0.3, 0.4) is 0 Å². The lowest BCUT2D eigenvalue weighted by atomic mass is 10.1. The molecule has 0 bridgehead atoms. The SMILES string of the molecule is COc1cccc(CCNc2ncc(C(=O)NC(C)(C)C)cn2)c1. The van der Waals surface area contributed by atoms with Gasteiger partial charge in [0.1, 0.15) is 5.75 Å². The zero-order valence-corrected chi connectivity index (χ0v) is 14.6. The van der Waals surface area contributed by atoms with E-state index >= 15 is 0 Å². The van der Waals surface area contributed by atoms with E-state index in [4.69, 9.17) is 4.74 Å². The average molecular weight is 328 g/mol. The molecule has 0 saturated heterocycles. The van der Waals surface area contributed by atoms with Crippen LogP contribution in [0, 0.1) is 0 Å². The maximum Gasteiger partial charge on any atom is 0.254 e. The van der Waals surface area contributed by atoms with E-state index in [1.807, 2.05) is 45.0 Å². The van der Waals surface area contributed by atoms with Crippen LogP contribution in [0.2, 0.25) is 0 Å². The number of methoxy groups -OCH3 is 1. The first-order chi connectivity index (χ1) is 11.4. The van der Waals surface area contributed by atoms with Crippen molar-refractivity contribution in [1.29, 1.82) is 0 Å². The van der Waals surface area contributed by atoms with Crippen LogP contribution in [0.1, 0.15) is 36.7 Å².